The highest BCUT2D eigenvalue weighted by atomic mass is 14.6. The second-order valence-electron chi connectivity index (χ2n) is 4.36. The van der Waals surface area contributed by atoms with Crippen LogP contribution in [0.2, 0.25) is 0 Å². The average Bonchev–Trinajstić information content (AvgIpc) is 1.84. The standard InChI is InChI=1S/C11H23N/c1-8(2)6-11(12)7-10(5)9(3)4/h7-9,11H,6,12H2,1-5H3/b10-7+. The Morgan fingerprint density at radius 1 is 1.25 bits per heavy atom. The molecule has 0 heterocycles. The molecule has 1 atom stereocenters. The van der Waals surface area contributed by atoms with Crippen LogP contribution >= 0.6 is 0 Å². The molecule has 0 radical (unpaired) electrons. The lowest BCUT2D eigenvalue weighted by Crippen LogP contribution is -2.20. The van der Waals surface area contributed by atoms with Gasteiger partial charge in [0.25, 0.3) is 0 Å². The molecule has 12 heavy (non-hydrogen) atoms. The van der Waals surface area contributed by atoms with E-state index in [1.54, 1.807) is 0 Å². The maximum Gasteiger partial charge on any atom is 0.0228 e. The molecule has 0 aliphatic heterocycles. The molecule has 0 aromatic heterocycles. The van der Waals surface area contributed by atoms with Gasteiger partial charge in [-0.3, -0.25) is 0 Å². The van der Waals surface area contributed by atoms with Gasteiger partial charge in [-0.05, 0) is 25.2 Å². The lowest BCUT2D eigenvalue weighted by atomic mass is 9.98. The number of hydrogen-bond acceptors (Lipinski definition) is 1. The van der Waals surface area contributed by atoms with Gasteiger partial charge in [-0.1, -0.05) is 39.3 Å². The zero-order chi connectivity index (χ0) is 9.72. The van der Waals surface area contributed by atoms with Crippen LogP contribution in [0.1, 0.15) is 41.0 Å². The van der Waals surface area contributed by atoms with Gasteiger partial charge in [0.2, 0.25) is 0 Å². The topological polar surface area (TPSA) is 26.0 Å². The Morgan fingerprint density at radius 3 is 2.08 bits per heavy atom. The van der Waals surface area contributed by atoms with E-state index in [2.05, 4.69) is 40.7 Å². The van der Waals surface area contributed by atoms with E-state index in [9.17, 15) is 0 Å². The summed E-state index contributed by atoms with van der Waals surface area (Å²) in [6.07, 6.45) is 3.29. The Bertz CT molecular complexity index is 145. The number of nitrogens with two attached hydrogens (primary N) is 1. The van der Waals surface area contributed by atoms with E-state index in [0.29, 0.717) is 11.8 Å². The molecule has 2 N–H and O–H groups in total. The van der Waals surface area contributed by atoms with Gasteiger partial charge < -0.3 is 5.73 Å². The van der Waals surface area contributed by atoms with Gasteiger partial charge in [-0.2, -0.15) is 0 Å². The SMILES string of the molecule is C/C(=C\C(N)CC(C)C)C(C)C. The quantitative estimate of drug-likeness (QED) is 0.643. The van der Waals surface area contributed by atoms with Crippen LogP contribution in [-0.4, -0.2) is 6.04 Å². The lowest BCUT2D eigenvalue weighted by molar-refractivity contribution is 0.542. The van der Waals surface area contributed by atoms with Crippen LogP contribution in [0.4, 0.5) is 0 Å². The van der Waals surface area contributed by atoms with Crippen molar-refractivity contribution in [1.82, 2.24) is 0 Å². The van der Waals surface area contributed by atoms with Crippen molar-refractivity contribution in [2.24, 2.45) is 17.6 Å². The van der Waals surface area contributed by atoms with Crippen molar-refractivity contribution in [3.8, 4) is 0 Å². The molecule has 0 saturated heterocycles. The highest BCUT2D eigenvalue weighted by molar-refractivity contribution is 5.05. The van der Waals surface area contributed by atoms with Crippen molar-refractivity contribution >= 4 is 0 Å². The minimum absolute atomic E-state index is 0.243. The van der Waals surface area contributed by atoms with Crippen molar-refractivity contribution in [3.05, 3.63) is 11.6 Å². The average molecular weight is 169 g/mol. The lowest BCUT2D eigenvalue weighted by Gasteiger charge is -2.12. The molecule has 0 saturated carbocycles. The maximum atomic E-state index is 5.94. The zero-order valence-electron chi connectivity index (χ0n) is 9.09. The van der Waals surface area contributed by atoms with Gasteiger partial charge in [0.1, 0.15) is 0 Å². The Morgan fingerprint density at radius 2 is 1.75 bits per heavy atom. The summed E-state index contributed by atoms with van der Waals surface area (Å²) in [4.78, 5) is 0. The van der Waals surface area contributed by atoms with Crippen molar-refractivity contribution in [3.63, 3.8) is 0 Å². The van der Waals surface area contributed by atoms with Gasteiger partial charge in [0, 0.05) is 6.04 Å². The number of hydrogen-bond donors (Lipinski definition) is 1. The van der Waals surface area contributed by atoms with E-state index >= 15 is 0 Å². The fourth-order valence-electron chi connectivity index (χ4n) is 1.14. The molecule has 0 bridgehead atoms. The summed E-state index contributed by atoms with van der Waals surface area (Å²) in [5, 5.41) is 0. The van der Waals surface area contributed by atoms with Crippen molar-refractivity contribution < 1.29 is 0 Å². The minimum Gasteiger partial charge on any atom is -0.324 e. The molecule has 0 spiro atoms. The second-order valence-corrected chi connectivity index (χ2v) is 4.36. The van der Waals surface area contributed by atoms with Crippen LogP contribution in [0.15, 0.2) is 11.6 Å². The minimum atomic E-state index is 0.243. The van der Waals surface area contributed by atoms with Crippen molar-refractivity contribution in [2.45, 2.75) is 47.1 Å². The third kappa shape index (κ3) is 5.36. The largest absolute Gasteiger partial charge is 0.324 e. The Balaban J connectivity index is 3.96. The third-order valence-corrected chi connectivity index (χ3v) is 2.13. The van der Waals surface area contributed by atoms with Crippen LogP contribution in [0.25, 0.3) is 0 Å². The first-order valence-corrected chi connectivity index (χ1v) is 4.87. The molecule has 72 valence electrons. The molecular weight excluding hydrogens is 146 g/mol. The summed E-state index contributed by atoms with van der Waals surface area (Å²) in [7, 11) is 0. The normalized spacial score (nSPS) is 15.8. The van der Waals surface area contributed by atoms with Crippen molar-refractivity contribution in [2.75, 3.05) is 0 Å². The van der Waals surface area contributed by atoms with Gasteiger partial charge in [0.05, 0.1) is 0 Å². The van der Waals surface area contributed by atoms with E-state index in [-0.39, 0.29) is 6.04 Å². The Labute approximate surface area is 77.0 Å². The first kappa shape index (κ1) is 11.7. The third-order valence-electron chi connectivity index (χ3n) is 2.13. The summed E-state index contributed by atoms with van der Waals surface area (Å²) < 4.78 is 0. The molecule has 0 fully saturated rings. The summed E-state index contributed by atoms with van der Waals surface area (Å²) >= 11 is 0. The van der Waals surface area contributed by atoms with Gasteiger partial charge in [-0.25, -0.2) is 0 Å². The molecule has 1 heteroatoms. The van der Waals surface area contributed by atoms with E-state index in [4.69, 9.17) is 5.73 Å². The van der Waals surface area contributed by atoms with E-state index in [1.807, 2.05) is 0 Å². The van der Waals surface area contributed by atoms with Crippen LogP contribution in [0.5, 0.6) is 0 Å². The van der Waals surface area contributed by atoms with Crippen LogP contribution in [0.3, 0.4) is 0 Å². The highest BCUT2D eigenvalue weighted by Gasteiger charge is 2.03. The summed E-state index contributed by atoms with van der Waals surface area (Å²) in [6.45, 7) is 11.0. The molecule has 1 unspecified atom stereocenters. The maximum absolute atomic E-state index is 5.94. The van der Waals surface area contributed by atoms with Gasteiger partial charge in [0.15, 0.2) is 0 Å². The molecule has 0 amide bonds. The predicted octanol–water partition coefficient (Wildman–Crippen LogP) is 2.96. The molecule has 1 nitrogen and oxygen atoms in total. The molecule has 0 rings (SSSR count). The molecular formula is C11H23N. The van der Waals surface area contributed by atoms with Crippen molar-refractivity contribution in [1.29, 1.82) is 0 Å². The first-order chi connectivity index (χ1) is 5.43. The fourth-order valence-corrected chi connectivity index (χ4v) is 1.14. The van der Waals surface area contributed by atoms with Gasteiger partial charge in [-0.15, -0.1) is 0 Å². The predicted molar refractivity (Wildman–Crippen MR) is 56.0 cm³/mol. The van der Waals surface area contributed by atoms with E-state index in [1.165, 1.54) is 5.57 Å². The first-order valence-electron chi connectivity index (χ1n) is 4.87. The smallest absolute Gasteiger partial charge is 0.0228 e. The monoisotopic (exact) mass is 169 g/mol. The Kier molecular flexibility index (Phi) is 5.23. The summed E-state index contributed by atoms with van der Waals surface area (Å²) in [6, 6.07) is 0.243. The van der Waals surface area contributed by atoms with Gasteiger partial charge >= 0.3 is 0 Å². The van der Waals surface area contributed by atoms with Crippen LogP contribution in [-0.2, 0) is 0 Å². The van der Waals surface area contributed by atoms with Crippen LogP contribution < -0.4 is 5.73 Å². The molecule has 0 aliphatic rings. The highest BCUT2D eigenvalue weighted by Crippen LogP contribution is 2.11. The number of rotatable bonds is 4. The van der Waals surface area contributed by atoms with Crippen LogP contribution in [0, 0.1) is 11.8 Å². The second kappa shape index (κ2) is 5.36. The molecule has 0 aromatic rings. The summed E-state index contributed by atoms with van der Waals surface area (Å²) in [5.74, 6) is 1.32. The zero-order valence-corrected chi connectivity index (χ0v) is 9.09. The Hall–Kier alpha value is -0.300. The molecule has 0 aromatic carbocycles. The fraction of sp³-hybridized carbons (Fsp3) is 0.818. The number of allylic oxidation sites excluding steroid dienone is 1. The van der Waals surface area contributed by atoms with E-state index < -0.39 is 0 Å². The summed E-state index contributed by atoms with van der Waals surface area (Å²) in [5.41, 5.74) is 7.34. The molecule has 0 aliphatic carbocycles. The van der Waals surface area contributed by atoms with E-state index in [0.717, 1.165) is 6.42 Å².